The van der Waals surface area contributed by atoms with Gasteiger partial charge in [-0.2, -0.15) is 0 Å². The first-order chi connectivity index (χ1) is 9.75. The highest BCUT2D eigenvalue weighted by atomic mass is 16.2. The molecule has 0 saturated carbocycles. The third-order valence-electron chi connectivity index (χ3n) is 3.59. The minimum absolute atomic E-state index is 0.0305. The fourth-order valence-corrected chi connectivity index (χ4v) is 2.46. The number of aryl methyl sites for hydroxylation is 1. The highest BCUT2D eigenvalue weighted by Gasteiger charge is 2.17. The van der Waals surface area contributed by atoms with Crippen molar-refractivity contribution in [2.45, 2.75) is 12.8 Å². The zero-order valence-corrected chi connectivity index (χ0v) is 11.5. The molecule has 2 heterocycles. The lowest BCUT2D eigenvalue weighted by Crippen LogP contribution is -2.27. The van der Waals surface area contributed by atoms with Crippen LogP contribution >= 0.6 is 0 Å². The molecule has 0 atom stereocenters. The van der Waals surface area contributed by atoms with E-state index in [0.29, 0.717) is 11.4 Å². The first-order valence-electron chi connectivity index (χ1n) is 6.81. The molecular formula is C16H17N3O. The largest absolute Gasteiger partial charge is 0.385 e. The van der Waals surface area contributed by atoms with E-state index >= 15 is 0 Å². The highest BCUT2D eigenvalue weighted by Crippen LogP contribution is 2.24. The Hall–Kier alpha value is -2.36. The zero-order valence-electron chi connectivity index (χ0n) is 11.5. The van der Waals surface area contributed by atoms with Crippen molar-refractivity contribution in [3.63, 3.8) is 0 Å². The normalized spacial score (nSPS) is 13.2. The number of pyridine rings is 1. The van der Waals surface area contributed by atoms with E-state index in [1.54, 1.807) is 18.1 Å². The van der Waals surface area contributed by atoms with Gasteiger partial charge in [-0.25, -0.2) is 4.98 Å². The number of fused-ring (bicyclic) bond motifs is 1. The molecule has 1 aliphatic rings. The van der Waals surface area contributed by atoms with Crippen LogP contribution < -0.4 is 10.2 Å². The highest BCUT2D eigenvalue weighted by molar-refractivity contribution is 6.05. The summed E-state index contributed by atoms with van der Waals surface area (Å²) in [7, 11) is 1.75. The van der Waals surface area contributed by atoms with Gasteiger partial charge in [0.2, 0.25) is 0 Å². The maximum Gasteiger partial charge on any atom is 0.259 e. The predicted molar refractivity (Wildman–Crippen MR) is 80.2 cm³/mol. The van der Waals surface area contributed by atoms with Crippen LogP contribution in [0.1, 0.15) is 22.3 Å². The topological polar surface area (TPSA) is 45.2 Å². The monoisotopic (exact) mass is 267 g/mol. The van der Waals surface area contributed by atoms with Crippen molar-refractivity contribution in [1.29, 1.82) is 0 Å². The summed E-state index contributed by atoms with van der Waals surface area (Å²) in [5.41, 5.74) is 3.07. The van der Waals surface area contributed by atoms with E-state index in [4.69, 9.17) is 0 Å². The number of carbonyl (C=O) groups excluding carboxylic acids is 1. The quantitative estimate of drug-likeness (QED) is 0.910. The van der Waals surface area contributed by atoms with Gasteiger partial charge in [0.25, 0.3) is 5.91 Å². The second kappa shape index (κ2) is 5.33. The number of anilines is 2. The molecule has 0 bridgehead atoms. The Morgan fingerprint density at radius 1 is 1.30 bits per heavy atom. The van der Waals surface area contributed by atoms with Crippen molar-refractivity contribution in [3.05, 3.63) is 53.7 Å². The van der Waals surface area contributed by atoms with E-state index in [1.807, 2.05) is 36.4 Å². The van der Waals surface area contributed by atoms with Gasteiger partial charge < -0.3 is 5.32 Å². The maximum absolute atomic E-state index is 12.5. The number of amides is 1. The predicted octanol–water partition coefficient (Wildman–Crippen LogP) is 2.72. The summed E-state index contributed by atoms with van der Waals surface area (Å²) in [5.74, 6) is 0.630. The van der Waals surface area contributed by atoms with Crippen molar-refractivity contribution in [3.8, 4) is 0 Å². The number of benzene rings is 1. The smallest absolute Gasteiger partial charge is 0.259 e. The minimum Gasteiger partial charge on any atom is -0.385 e. The lowest BCUT2D eigenvalue weighted by Gasteiger charge is -2.20. The first kappa shape index (κ1) is 12.7. The zero-order chi connectivity index (χ0) is 13.9. The van der Waals surface area contributed by atoms with E-state index in [2.05, 4.69) is 10.3 Å². The van der Waals surface area contributed by atoms with Crippen LogP contribution in [-0.2, 0) is 6.42 Å². The molecule has 0 spiro atoms. The Balaban J connectivity index is 1.87. The summed E-state index contributed by atoms with van der Waals surface area (Å²) in [6.07, 6.45) is 3.83. The van der Waals surface area contributed by atoms with Crippen LogP contribution in [0.15, 0.2) is 42.6 Å². The SMILES string of the molecule is CN(C(=O)c1ccc2c(c1)CCCN2)c1ccccn1. The van der Waals surface area contributed by atoms with Gasteiger partial charge in [0.05, 0.1) is 0 Å². The molecule has 1 aromatic heterocycles. The van der Waals surface area contributed by atoms with Crippen LogP contribution in [0, 0.1) is 0 Å². The number of carbonyl (C=O) groups is 1. The fourth-order valence-electron chi connectivity index (χ4n) is 2.46. The third kappa shape index (κ3) is 2.37. The number of hydrogen-bond donors (Lipinski definition) is 1. The average molecular weight is 267 g/mol. The third-order valence-corrected chi connectivity index (χ3v) is 3.59. The van der Waals surface area contributed by atoms with Crippen LogP contribution in [0.4, 0.5) is 11.5 Å². The lowest BCUT2D eigenvalue weighted by atomic mass is 10.0. The van der Waals surface area contributed by atoms with Crippen molar-refractivity contribution < 1.29 is 4.79 Å². The van der Waals surface area contributed by atoms with Gasteiger partial charge in [-0.05, 0) is 48.7 Å². The average Bonchev–Trinajstić information content (AvgIpc) is 2.54. The van der Waals surface area contributed by atoms with Crippen molar-refractivity contribution in [1.82, 2.24) is 4.98 Å². The Kier molecular flexibility index (Phi) is 3.37. The second-order valence-corrected chi connectivity index (χ2v) is 4.95. The number of aromatic nitrogens is 1. The van der Waals surface area contributed by atoms with E-state index in [0.717, 1.165) is 25.1 Å². The summed E-state index contributed by atoms with van der Waals surface area (Å²) in [5, 5.41) is 3.35. The summed E-state index contributed by atoms with van der Waals surface area (Å²) in [6, 6.07) is 11.4. The molecule has 2 aromatic rings. The lowest BCUT2D eigenvalue weighted by molar-refractivity contribution is 0.0992. The Morgan fingerprint density at radius 3 is 3.00 bits per heavy atom. The molecule has 1 N–H and O–H groups in total. The summed E-state index contributed by atoms with van der Waals surface area (Å²) < 4.78 is 0. The van der Waals surface area contributed by atoms with Crippen LogP contribution in [0.5, 0.6) is 0 Å². The second-order valence-electron chi connectivity index (χ2n) is 4.95. The van der Waals surface area contributed by atoms with Crippen molar-refractivity contribution in [2.24, 2.45) is 0 Å². The molecule has 0 unspecified atom stereocenters. The van der Waals surface area contributed by atoms with Gasteiger partial charge in [-0.3, -0.25) is 9.69 Å². The van der Waals surface area contributed by atoms with Gasteiger partial charge >= 0.3 is 0 Å². The number of nitrogens with zero attached hydrogens (tertiary/aromatic N) is 2. The molecule has 1 amide bonds. The first-order valence-corrected chi connectivity index (χ1v) is 6.81. The van der Waals surface area contributed by atoms with Crippen molar-refractivity contribution in [2.75, 3.05) is 23.8 Å². The van der Waals surface area contributed by atoms with Gasteiger partial charge in [0.1, 0.15) is 5.82 Å². The van der Waals surface area contributed by atoms with Gasteiger partial charge in [0.15, 0.2) is 0 Å². The molecule has 1 aromatic carbocycles. The standard InChI is InChI=1S/C16H17N3O/c1-19(15-6-2-3-9-18-15)16(20)13-7-8-14-12(11-13)5-4-10-17-14/h2-3,6-9,11,17H,4-5,10H2,1H3. The van der Waals surface area contributed by atoms with Gasteiger partial charge in [-0.15, -0.1) is 0 Å². The fraction of sp³-hybridized carbons (Fsp3) is 0.250. The Bertz CT molecular complexity index is 625. The molecule has 0 aliphatic carbocycles. The molecule has 1 aliphatic heterocycles. The van der Waals surface area contributed by atoms with Crippen LogP contribution in [0.3, 0.4) is 0 Å². The maximum atomic E-state index is 12.5. The van der Waals surface area contributed by atoms with E-state index in [-0.39, 0.29) is 5.91 Å². The molecule has 4 nitrogen and oxygen atoms in total. The molecule has 20 heavy (non-hydrogen) atoms. The van der Waals surface area contributed by atoms with E-state index in [9.17, 15) is 4.79 Å². The van der Waals surface area contributed by atoms with Crippen LogP contribution in [-0.4, -0.2) is 24.5 Å². The van der Waals surface area contributed by atoms with Gasteiger partial charge in [0, 0.05) is 31.0 Å². The number of hydrogen-bond acceptors (Lipinski definition) is 3. The van der Waals surface area contributed by atoms with Crippen molar-refractivity contribution >= 4 is 17.4 Å². The van der Waals surface area contributed by atoms with Gasteiger partial charge in [-0.1, -0.05) is 6.07 Å². The molecule has 0 radical (unpaired) electrons. The minimum atomic E-state index is -0.0305. The Labute approximate surface area is 118 Å². The molecule has 0 saturated heterocycles. The summed E-state index contributed by atoms with van der Waals surface area (Å²) in [6.45, 7) is 1.01. The molecule has 4 heteroatoms. The number of rotatable bonds is 2. The molecule has 0 fully saturated rings. The molecule has 102 valence electrons. The summed E-state index contributed by atoms with van der Waals surface area (Å²) >= 11 is 0. The van der Waals surface area contributed by atoms with Crippen LogP contribution in [0.2, 0.25) is 0 Å². The van der Waals surface area contributed by atoms with Crippen LogP contribution in [0.25, 0.3) is 0 Å². The molecule has 3 rings (SSSR count). The molecular weight excluding hydrogens is 250 g/mol. The summed E-state index contributed by atoms with van der Waals surface area (Å²) in [4.78, 5) is 18.3. The van der Waals surface area contributed by atoms with E-state index in [1.165, 1.54) is 5.56 Å². The van der Waals surface area contributed by atoms with E-state index < -0.39 is 0 Å². The Morgan fingerprint density at radius 2 is 2.20 bits per heavy atom. The number of nitrogens with one attached hydrogen (secondary N) is 1.